The van der Waals surface area contributed by atoms with E-state index in [0.717, 1.165) is 70.1 Å². The molecule has 8 nitrogen and oxygen atoms in total. The van der Waals surface area contributed by atoms with Crippen LogP contribution in [0.3, 0.4) is 0 Å². The van der Waals surface area contributed by atoms with Gasteiger partial charge >= 0.3 is 11.9 Å². The van der Waals surface area contributed by atoms with Crippen LogP contribution in [0.1, 0.15) is 207 Å². The van der Waals surface area contributed by atoms with Gasteiger partial charge in [-0.3, -0.25) is 9.59 Å². The van der Waals surface area contributed by atoms with Gasteiger partial charge in [-0.15, -0.1) is 0 Å². The van der Waals surface area contributed by atoms with Gasteiger partial charge in [0.05, 0.1) is 18.3 Å². The second-order valence-electron chi connectivity index (χ2n) is 16.6. The minimum absolute atomic E-state index is 0.0298. The fourth-order valence-corrected chi connectivity index (χ4v) is 7.60. The topological polar surface area (TPSA) is 134 Å². The summed E-state index contributed by atoms with van der Waals surface area (Å²) in [5, 5.41) is 41.2. The molecule has 0 saturated heterocycles. The summed E-state index contributed by atoms with van der Waals surface area (Å²) in [7, 11) is 0. The van der Waals surface area contributed by atoms with Crippen LogP contribution in [0.4, 0.5) is 0 Å². The average Bonchev–Trinajstić information content (AvgIpc) is 3.40. The van der Waals surface area contributed by atoms with Gasteiger partial charge < -0.3 is 29.9 Å². The summed E-state index contributed by atoms with van der Waals surface area (Å²) in [5.41, 5.74) is 0. The van der Waals surface area contributed by atoms with Gasteiger partial charge in [0.25, 0.3) is 0 Å². The van der Waals surface area contributed by atoms with E-state index in [-0.39, 0.29) is 43.4 Å². The summed E-state index contributed by atoms with van der Waals surface area (Å²) >= 11 is 0. The monoisotopic (exact) mass is 753 g/mol. The van der Waals surface area contributed by atoms with Crippen molar-refractivity contribution in [2.75, 3.05) is 13.2 Å². The molecule has 0 radical (unpaired) electrons. The van der Waals surface area contributed by atoms with E-state index in [4.69, 9.17) is 9.47 Å². The van der Waals surface area contributed by atoms with Crippen LogP contribution < -0.4 is 0 Å². The highest BCUT2D eigenvalue weighted by Crippen LogP contribution is 2.37. The third-order valence-corrected chi connectivity index (χ3v) is 11.0. The lowest BCUT2D eigenvalue weighted by molar-refractivity contribution is -0.152. The highest BCUT2D eigenvalue weighted by Gasteiger charge is 2.39. The Balaban J connectivity index is 1.95. The summed E-state index contributed by atoms with van der Waals surface area (Å²) in [5.74, 6) is -0.0204. The van der Waals surface area contributed by atoms with Crippen LogP contribution in [-0.4, -0.2) is 70.0 Å². The van der Waals surface area contributed by atoms with Crippen LogP contribution >= 0.6 is 0 Å². The maximum atomic E-state index is 12.1. The Labute approximate surface area is 325 Å². The van der Waals surface area contributed by atoms with Gasteiger partial charge in [0, 0.05) is 25.2 Å². The Hall–Kier alpha value is -1.48. The number of rotatable bonds is 36. The number of hydrogen-bond donors (Lipinski definition) is 4. The zero-order valence-corrected chi connectivity index (χ0v) is 34.5. The number of carbonyl (C=O) groups is 2. The van der Waals surface area contributed by atoms with E-state index < -0.39 is 24.4 Å². The highest BCUT2D eigenvalue weighted by molar-refractivity contribution is 5.69. The van der Waals surface area contributed by atoms with Crippen LogP contribution in [-0.2, 0) is 19.1 Å². The fourth-order valence-electron chi connectivity index (χ4n) is 7.60. The molecule has 0 spiro atoms. The van der Waals surface area contributed by atoms with Crippen LogP contribution in [0.2, 0.25) is 0 Å². The number of esters is 2. The maximum Gasteiger partial charge on any atom is 0.305 e. The molecule has 0 heterocycles. The molecule has 0 bridgehead atoms. The van der Waals surface area contributed by atoms with Crippen molar-refractivity contribution in [1.82, 2.24) is 0 Å². The van der Waals surface area contributed by atoms with Crippen LogP contribution in [0.25, 0.3) is 0 Å². The Bertz CT molecular complexity index is 892. The zero-order chi connectivity index (χ0) is 38.9. The number of aliphatic hydroxyl groups is 4. The Morgan fingerprint density at radius 2 is 1.04 bits per heavy atom. The Kier molecular flexibility index (Phi) is 31.6. The van der Waals surface area contributed by atoms with E-state index in [0.29, 0.717) is 25.7 Å². The van der Waals surface area contributed by atoms with Crippen molar-refractivity contribution in [3.63, 3.8) is 0 Å². The molecule has 1 rings (SSSR count). The molecule has 0 aromatic heterocycles. The van der Waals surface area contributed by atoms with Crippen molar-refractivity contribution in [1.29, 1.82) is 0 Å². The highest BCUT2D eigenvalue weighted by atomic mass is 16.6. The summed E-state index contributed by atoms with van der Waals surface area (Å²) in [4.78, 5) is 24.2. The molecular weight excluding hydrogens is 668 g/mol. The molecule has 0 aliphatic heterocycles. The number of hydrogen-bond acceptors (Lipinski definition) is 8. The van der Waals surface area contributed by atoms with Crippen LogP contribution in [0, 0.1) is 17.8 Å². The molecule has 8 heteroatoms. The average molecular weight is 753 g/mol. The molecule has 1 saturated carbocycles. The summed E-state index contributed by atoms with van der Waals surface area (Å²) < 4.78 is 10.4. The van der Waals surface area contributed by atoms with Crippen molar-refractivity contribution in [3.8, 4) is 0 Å². The summed E-state index contributed by atoms with van der Waals surface area (Å²) in [6.45, 7) is 6.41. The molecule has 53 heavy (non-hydrogen) atoms. The van der Waals surface area contributed by atoms with E-state index in [1.807, 2.05) is 6.08 Å². The first-order chi connectivity index (χ1) is 25.6. The molecule has 1 fully saturated rings. The lowest BCUT2D eigenvalue weighted by atomic mass is 9.88. The van der Waals surface area contributed by atoms with Gasteiger partial charge in [0.2, 0.25) is 0 Å². The molecule has 1 aliphatic rings. The molecule has 312 valence electrons. The van der Waals surface area contributed by atoms with Gasteiger partial charge in [0.1, 0.15) is 19.3 Å². The lowest BCUT2D eigenvalue weighted by Gasteiger charge is -2.21. The molecule has 4 N–H and O–H groups in total. The third kappa shape index (κ3) is 28.6. The maximum absolute atomic E-state index is 12.1. The number of ether oxygens (including phenoxy) is 2. The van der Waals surface area contributed by atoms with Gasteiger partial charge in [-0.05, 0) is 37.5 Å². The first kappa shape index (κ1) is 49.5. The van der Waals surface area contributed by atoms with E-state index in [1.165, 1.54) is 89.9 Å². The molecule has 0 aromatic rings. The first-order valence-electron chi connectivity index (χ1n) is 22.4. The van der Waals surface area contributed by atoms with Gasteiger partial charge in [-0.2, -0.15) is 0 Å². The van der Waals surface area contributed by atoms with Crippen molar-refractivity contribution < 1.29 is 39.5 Å². The van der Waals surface area contributed by atoms with Crippen molar-refractivity contribution in [3.05, 3.63) is 12.2 Å². The minimum atomic E-state index is -1.03. The quantitative estimate of drug-likeness (QED) is 0.0282. The number of unbranched alkanes of at least 4 members (excludes halogenated alkanes) is 20. The SMILES string of the molecule is CCCCC[C@H](O)/C=C/[C@@H]1[C@@H](CCCCCCC(=O)OC[C@@H](O)COC(=O)CCCCCCCCCCCCCCCCCCC(C)C)[C@@H](O)C[C@H]1O. The predicted octanol–water partition coefficient (Wildman–Crippen LogP) is 10.3. The number of carbonyl (C=O) groups excluding carboxylic acids is 2. The minimum Gasteiger partial charge on any atom is -0.463 e. The summed E-state index contributed by atoms with van der Waals surface area (Å²) in [6, 6.07) is 0. The van der Waals surface area contributed by atoms with E-state index in [1.54, 1.807) is 6.08 Å². The Morgan fingerprint density at radius 1 is 0.604 bits per heavy atom. The third-order valence-electron chi connectivity index (χ3n) is 11.0. The molecule has 0 aromatic carbocycles. The van der Waals surface area contributed by atoms with E-state index in [9.17, 15) is 30.0 Å². The van der Waals surface area contributed by atoms with Crippen molar-refractivity contribution in [2.24, 2.45) is 17.8 Å². The van der Waals surface area contributed by atoms with Crippen LogP contribution in [0.5, 0.6) is 0 Å². The fraction of sp³-hybridized carbons (Fsp3) is 0.911. The van der Waals surface area contributed by atoms with Crippen molar-refractivity contribution >= 4 is 11.9 Å². The number of aliphatic hydroxyl groups excluding tert-OH is 4. The molecule has 0 amide bonds. The smallest absolute Gasteiger partial charge is 0.305 e. The molecule has 6 atom stereocenters. The second-order valence-corrected chi connectivity index (χ2v) is 16.6. The molecule has 1 aliphatic carbocycles. The zero-order valence-electron chi connectivity index (χ0n) is 34.5. The molecular formula is C45H84O8. The summed E-state index contributed by atoms with van der Waals surface area (Å²) in [6.07, 6.45) is 32.0. The largest absolute Gasteiger partial charge is 0.463 e. The van der Waals surface area contributed by atoms with Gasteiger partial charge in [0.15, 0.2) is 0 Å². The normalized spacial score (nSPS) is 20.0. The van der Waals surface area contributed by atoms with Gasteiger partial charge in [-0.25, -0.2) is 0 Å². The predicted molar refractivity (Wildman–Crippen MR) is 216 cm³/mol. The second kappa shape index (κ2) is 33.8. The molecule has 0 unspecified atom stereocenters. The van der Waals surface area contributed by atoms with E-state index >= 15 is 0 Å². The van der Waals surface area contributed by atoms with Gasteiger partial charge in [-0.1, -0.05) is 174 Å². The standard InChI is InChI=1S/C45H84O8/c1-4-5-22-28-38(46)32-33-41-40(42(48)34-43(41)49)29-24-20-21-26-31-45(51)53-36-39(47)35-52-44(50)30-25-19-17-15-13-11-9-7-6-8-10-12-14-16-18-23-27-37(2)3/h32-33,37-43,46-49H,4-31,34-36H2,1-3H3/b33-32+/t38-,39-,40+,41+,42-,43+/m0/s1. The lowest BCUT2D eigenvalue weighted by Crippen LogP contribution is -2.25. The van der Waals surface area contributed by atoms with Crippen molar-refractivity contribution in [2.45, 2.75) is 231 Å². The van der Waals surface area contributed by atoms with E-state index in [2.05, 4.69) is 20.8 Å². The Morgan fingerprint density at radius 3 is 1.51 bits per heavy atom. The first-order valence-corrected chi connectivity index (χ1v) is 22.4. The van der Waals surface area contributed by atoms with Crippen LogP contribution in [0.15, 0.2) is 12.2 Å².